The van der Waals surface area contributed by atoms with Crippen molar-refractivity contribution < 1.29 is 52.4 Å². The lowest BCUT2D eigenvalue weighted by Crippen LogP contribution is -2.65. The maximum Gasteiger partial charge on any atom is 0.410 e. The van der Waals surface area contributed by atoms with E-state index in [4.69, 9.17) is 23.7 Å². The van der Waals surface area contributed by atoms with Gasteiger partial charge in [0.05, 0.1) is 41.9 Å². The number of Topliss-reactive ketones (excluding diaryl/α,β-unsaturated/α-hetero) is 2. The van der Waals surface area contributed by atoms with Crippen molar-refractivity contribution in [2.45, 2.75) is 167 Å². The SMILES string of the molecule is CC[C@H]1OC(=O)[C@@](C)(F)C(=O)[C@H](C)[C@@H](O[C@]2(C)O[C@H](C)C[C@H](N(C)CC)[C@H]2O)[C@](C)(OC)C[C@@H](C)C(=O)[C@H](C)[C@H]2N(CCCCn3cnc4cnccc43)C(=O)O[C@]12C. The van der Waals surface area contributed by atoms with Crippen LogP contribution in [0.4, 0.5) is 9.18 Å². The minimum Gasteiger partial charge on any atom is -0.455 e. The summed E-state index contributed by atoms with van der Waals surface area (Å²) in [5.41, 5.74) is -4.54. The number of aryl methyl sites for hydroxylation is 1. The van der Waals surface area contributed by atoms with Crippen LogP contribution >= 0.6 is 0 Å². The molecule has 2 aromatic rings. The Labute approximate surface area is 347 Å². The standard InChI is InChI=1S/C43H66FN5O10/c1-13-32-42(9)34(49(39(54)59-42)20-16-15-19-48-24-46-29-23-45-18-17-30(29)48)27(5)33(50)25(3)22-40(7,55-12)37(28(6)35(51)41(8,44)38(53)56-32)58-43(10)36(52)31(47(11)14-2)21-26(4)57-43/h17-18,23-28,31-32,34,36-37,52H,13-16,19-22H2,1-12H3/t25-,26-,27+,28+,31+,32-,34-,36-,37-,40-,41+,42-,43+/m1/s1. The number of imidazole rings is 1. The second kappa shape index (κ2) is 17.8. The molecule has 330 valence electrons. The number of aromatic nitrogens is 3. The minimum absolute atomic E-state index is 0.00769. The van der Waals surface area contributed by atoms with Crippen LogP contribution in [0, 0.1) is 17.8 Å². The zero-order valence-corrected chi connectivity index (χ0v) is 36.9. The third kappa shape index (κ3) is 8.80. The highest BCUT2D eigenvalue weighted by Gasteiger charge is 2.62. The molecule has 3 saturated heterocycles. The molecule has 15 nitrogen and oxygen atoms in total. The molecule has 1 N–H and O–H groups in total. The number of esters is 1. The highest BCUT2D eigenvalue weighted by atomic mass is 19.1. The lowest BCUT2D eigenvalue weighted by Gasteiger charge is -2.52. The zero-order valence-electron chi connectivity index (χ0n) is 36.9. The predicted molar refractivity (Wildman–Crippen MR) is 216 cm³/mol. The third-order valence-corrected chi connectivity index (χ3v) is 13.4. The van der Waals surface area contributed by atoms with Gasteiger partial charge in [0.1, 0.15) is 23.5 Å². The van der Waals surface area contributed by atoms with Gasteiger partial charge in [-0.15, -0.1) is 0 Å². The first-order chi connectivity index (χ1) is 27.6. The van der Waals surface area contributed by atoms with E-state index in [9.17, 15) is 24.3 Å². The van der Waals surface area contributed by atoms with E-state index in [0.717, 1.165) is 18.0 Å². The van der Waals surface area contributed by atoms with Crippen LogP contribution in [0.3, 0.4) is 0 Å². The number of methoxy groups -OCH3 is 1. The number of cyclic esters (lactones) is 1. The molecule has 0 bridgehead atoms. The summed E-state index contributed by atoms with van der Waals surface area (Å²) in [5, 5.41) is 11.8. The molecule has 1 amide bonds. The van der Waals surface area contributed by atoms with Crippen molar-refractivity contribution in [2.24, 2.45) is 17.8 Å². The van der Waals surface area contributed by atoms with Crippen LogP contribution in [0.2, 0.25) is 0 Å². The summed E-state index contributed by atoms with van der Waals surface area (Å²) in [6.07, 6.45) is 2.10. The fourth-order valence-corrected chi connectivity index (χ4v) is 9.88. The van der Waals surface area contributed by atoms with Crippen LogP contribution in [0.15, 0.2) is 24.8 Å². The number of pyridine rings is 1. The molecule has 0 unspecified atom stereocenters. The van der Waals surface area contributed by atoms with Crippen molar-refractivity contribution in [3.05, 3.63) is 24.8 Å². The van der Waals surface area contributed by atoms with Crippen LogP contribution in [0.25, 0.3) is 11.0 Å². The number of hydrogen-bond donors (Lipinski definition) is 1. The van der Waals surface area contributed by atoms with Gasteiger partial charge in [0, 0.05) is 50.2 Å². The van der Waals surface area contributed by atoms with E-state index in [0.29, 0.717) is 32.4 Å². The maximum absolute atomic E-state index is 17.0. The van der Waals surface area contributed by atoms with Gasteiger partial charge in [-0.05, 0) is 86.4 Å². The maximum atomic E-state index is 17.0. The molecular weight excluding hydrogens is 765 g/mol. The Bertz CT molecular complexity index is 1840. The van der Waals surface area contributed by atoms with Gasteiger partial charge in [-0.25, -0.2) is 19.0 Å². The highest BCUT2D eigenvalue weighted by molar-refractivity contribution is 6.08. The number of halogens is 1. The number of ether oxygens (including phenoxy) is 5. The molecule has 0 radical (unpaired) electrons. The number of unbranched alkanes of at least 4 members (excludes halogenated alkanes) is 1. The number of carbonyl (C=O) groups excluding carboxylic acids is 4. The first-order valence-corrected chi connectivity index (χ1v) is 21.1. The van der Waals surface area contributed by atoms with Gasteiger partial charge in [-0.2, -0.15) is 0 Å². The van der Waals surface area contributed by atoms with Crippen molar-refractivity contribution >= 4 is 34.7 Å². The average Bonchev–Trinajstić information content (AvgIpc) is 3.73. The lowest BCUT2D eigenvalue weighted by atomic mass is 9.73. The fraction of sp³-hybridized carbons (Fsp3) is 0.767. The number of nitrogens with zero attached hydrogens (tertiary/aromatic N) is 5. The molecule has 3 aliphatic rings. The Morgan fingerprint density at radius 2 is 1.71 bits per heavy atom. The molecular formula is C43H66FN5O10. The van der Waals surface area contributed by atoms with Crippen LogP contribution < -0.4 is 0 Å². The van der Waals surface area contributed by atoms with E-state index >= 15 is 4.39 Å². The lowest BCUT2D eigenvalue weighted by molar-refractivity contribution is -0.354. The second-order valence-corrected chi connectivity index (χ2v) is 17.8. The largest absolute Gasteiger partial charge is 0.455 e. The van der Waals surface area contributed by atoms with Gasteiger partial charge in [0.25, 0.3) is 5.67 Å². The third-order valence-electron chi connectivity index (χ3n) is 13.4. The summed E-state index contributed by atoms with van der Waals surface area (Å²) in [5.74, 6) is -7.52. The molecule has 16 heteroatoms. The van der Waals surface area contributed by atoms with Gasteiger partial charge in [-0.1, -0.05) is 34.6 Å². The highest BCUT2D eigenvalue weighted by Crippen LogP contribution is 2.45. The minimum atomic E-state index is -3.19. The number of rotatable bonds is 11. The number of fused-ring (bicyclic) bond motifs is 2. The summed E-state index contributed by atoms with van der Waals surface area (Å²) >= 11 is 0. The summed E-state index contributed by atoms with van der Waals surface area (Å²) in [4.78, 5) is 69.0. The Hall–Kier alpha value is -3.57. The number of amides is 1. The van der Waals surface area contributed by atoms with Gasteiger partial charge >= 0.3 is 12.1 Å². The number of alkyl halides is 1. The molecule has 5 rings (SSSR count). The molecule has 0 saturated carbocycles. The van der Waals surface area contributed by atoms with Crippen molar-refractivity contribution in [2.75, 3.05) is 27.2 Å². The van der Waals surface area contributed by atoms with Crippen molar-refractivity contribution in [1.82, 2.24) is 24.3 Å². The van der Waals surface area contributed by atoms with Crippen LogP contribution in [-0.2, 0) is 44.6 Å². The summed E-state index contributed by atoms with van der Waals surface area (Å²) in [6, 6.07) is 0.583. The monoisotopic (exact) mass is 831 g/mol. The summed E-state index contributed by atoms with van der Waals surface area (Å²) < 4.78 is 50.1. The zero-order chi connectivity index (χ0) is 43.8. The van der Waals surface area contributed by atoms with Crippen molar-refractivity contribution in [3.8, 4) is 0 Å². The number of aliphatic hydroxyl groups is 1. The van der Waals surface area contributed by atoms with E-state index in [1.54, 1.807) is 60.3 Å². The molecule has 0 aromatic carbocycles. The summed E-state index contributed by atoms with van der Waals surface area (Å²) in [7, 11) is 3.29. The number of likely N-dealkylation sites (N-methyl/N-ethyl adjacent to an activating group) is 1. The molecule has 0 aliphatic carbocycles. The van der Waals surface area contributed by atoms with E-state index in [2.05, 4.69) is 9.97 Å². The number of carbonyl (C=O) groups is 4. The van der Waals surface area contributed by atoms with Gasteiger partial charge in [0.15, 0.2) is 17.2 Å². The van der Waals surface area contributed by atoms with Gasteiger partial charge in [-0.3, -0.25) is 14.6 Å². The van der Waals surface area contributed by atoms with Gasteiger partial charge in [0.2, 0.25) is 0 Å². The van der Waals surface area contributed by atoms with Crippen LogP contribution in [-0.4, -0.2) is 139 Å². The normalized spacial score (nSPS) is 39.0. The van der Waals surface area contributed by atoms with Crippen LogP contribution in [0.1, 0.15) is 101 Å². The molecule has 0 spiro atoms. The predicted octanol–water partition coefficient (Wildman–Crippen LogP) is 5.29. The molecule has 3 fully saturated rings. The Morgan fingerprint density at radius 1 is 1.03 bits per heavy atom. The van der Waals surface area contributed by atoms with E-state index < -0.39 is 82.6 Å². The van der Waals surface area contributed by atoms with Crippen molar-refractivity contribution in [3.63, 3.8) is 0 Å². The topological polar surface area (TPSA) is 172 Å². The van der Waals surface area contributed by atoms with E-state index in [1.165, 1.54) is 18.9 Å². The molecule has 59 heavy (non-hydrogen) atoms. The number of ketones is 2. The smallest absolute Gasteiger partial charge is 0.410 e. The fourth-order valence-electron chi connectivity index (χ4n) is 9.88. The van der Waals surface area contributed by atoms with Crippen molar-refractivity contribution in [1.29, 1.82) is 0 Å². The quantitative estimate of drug-likeness (QED) is 0.176. The Kier molecular flexibility index (Phi) is 14.0. The molecule has 13 atom stereocenters. The first kappa shape index (κ1) is 46.5. The Morgan fingerprint density at radius 3 is 2.36 bits per heavy atom. The average molecular weight is 832 g/mol. The number of hydrogen-bond acceptors (Lipinski definition) is 13. The Balaban J connectivity index is 1.51. The number of aliphatic hydroxyl groups excluding tert-OH is 1. The first-order valence-electron chi connectivity index (χ1n) is 21.1. The summed E-state index contributed by atoms with van der Waals surface area (Å²) in [6.45, 7) is 17.6. The molecule has 5 heterocycles. The van der Waals surface area contributed by atoms with Crippen LogP contribution in [0.5, 0.6) is 0 Å². The van der Waals surface area contributed by atoms with E-state index in [1.807, 2.05) is 36.4 Å². The molecule has 2 aromatic heterocycles. The molecule has 3 aliphatic heterocycles. The second-order valence-electron chi connectivity index (χ2n) is 17.8. The van der Waals surface area contributed by atoms with Gasteiger partial charge < -0.3 is 43.2 Å². The van der Waals surface area contributed by atoms with E-state index in [-0.39, 0.29) is 37.3 Å².